The van der Waals surface area contributed by atoms with Gasteiger partial charge in [0.25, 0.3) is 5.91 Å². The predicted octanol–water partition coefficient (Wildman–Crippen LogP) is 3.36. The Morgan fingerprint density at radius 1 is 1.00 bits per heavy atom. The minimum absolute atomic E-state index is 0.00327. The second-order valence-electron chi connectivity index (χ2n) is 8.13. The molecule has 2 amide bonds. The quantitative estimate of drug-likeness (QED) is 0.563. The van der Waals surface area contributed by atoms with Crippen LogP contribution in [0.3, 0.4) is 0 Å². The fraction of sp³-hybridized carbons (Fsp3) is 0.364. The number of ether oxygens (including phenoxy) is 1. The van der Waals surface area contributed by atoms with Crippen molar-refractivity contribution >= 4 is 27.7 Å². The number of nitrogens with one attached hydrogen (secondary N) is 3. The zero-order valence-corrected chi connectivity index (χ0v) is 19.2. The third kappa shape index (κ3) is 7.69. The molecule has 0 bridgehead atoms. The Morgan fingerprint density at radius 2 is 1.71 bits per heavy atom. The SMILES string of the molecule is Cc1ccc(C)c(C(=O)Nc2cccc(S(=O)(=O)NCCNC(=O)OC(C)(C)C)c2)c1. The summed E-state index contributed by atoms with van der Waals surface area (Å²) in [5, 5.41) is 5.22. The summed E-state index contributed by atoms with van der Waals surface area (Å²) in [7, 11) is -3.82. The Labute approximate surface area is 183 Å². The molecule has 0 atom stereocenters. The summed E-state index contributed by atoms with van der Waals surface area (Å²) in [5.74, 6) is -0.315. The molecule has 0 aliphatic rings. The molecule has 0 aromatic heterocycles. The highest BCUT2D eigenvalue weighted by atomic mass is 32.2. The molecule has 0 aliphatic heterocycles. The lowest BCUT2D eigenvalue weighted by molar-refractivity contribution is 0.0528. The maximum Gasteiger partial charge on any atom is 0.407 e. The third-order valence-electron chi connectivity index (χ3n) is 4.13. The number of aryl methyl sites for hydroxylation is 2. The first kappa shape index (κ1) is 24.4. The molecule has 0 saturated carbocycles. The zero-order chi connectivity index (χ0) is 23.2. The van der Waals surface area contributed by atoms with E-state index in [4.69, 9.17) is 4.74 Å². The molecule has 0 unspecified atom stereocenters. The summed E-state index contributed by atoms with van der Waals surface area (Å²) in [4.78, 5) is 24.2. The second kappa shape index (κ2) is 9.93. The number of alkyl carbamates (subject to hydrolysis) is 1. The standard InChI is InChI=1S/C22H29N3O5S/c1-15-9-10-16(2)19(13-15)20(26)25-17-7-6-8-18(14-17)31(28,29)24-12-11-23-21(27)30-22(3,4)5/h6-10,13-14,24H,11-12H2,1-5H3,(H,23,27)(H,25,26). The van der Waals surface area contributed by atoms with Crippen LogP contribution < -0.4 is 15.4 Å². The number of anilines is 1. The molecule has 9 heteroatoms. The molecule has 0 fully saturated rings. The first-order valence-electron chi connectivity index (χ1n) is 9.82. The van der Waals surface area contributed by atoms with E-state index in [2.05, 4.69) is 15.4 Å². The van der Waals surface area contributed by atoms with Gasteiger partial charge < -0.3 is 15.4 Å². The average Bonchev–Trinajstić information content (AvgIpc) is 2.66. The molecule has 3 N–H and O–H groups in total. The number of amides is 2. The second-order valence-corrected chi connectivity index (χ2v) is 9.89. The highest BCUT2D eigenvalue weighted by Crippen LogP contribution is 2.18. The van der Waals surface area contributed by atoms with Crippen LogP contribution >= 0.6 is 0 Å². The molecule has 0 aliphatic carbocycles. The third-order valence-corrected chi connectivity index (χ3v) is 5.58. The summed E-state index contributed by atoms with van der Waals surface area (Å²) in [6.45, 7) is 9.00. The van der Waals surface area contributed by atoms with Gasteiger partial charge in [-0.05, 0) is 64.4 Å². The lowest BCUT2D eigenvalue weighted by atomic mass is 10.1. The van der Waals surface area contributed by atoms with Crippen LogP contribution in [0, 0.1) is 13.8 Å². The Kier molecular flexibility index (Phi) is 7.80. The number of hydrogen-bond acceptors (Lipinski definition) is 5. The van der Waals surface area contributed by atoms with E-state index in [9.17, 15) is 18.0 Å². The Morgan fingerprint density at radius 3 is 2.39 bits per heavy atom. The van der Waals surface area contributed by atoms with Crippen molar-refractivity contribution in [1.82, 2.24) is 10.0 Å². The van der Waals surface area contributed by atoms with Gasteiger partial charge in [-0.3, -0.25) is 4.79 Å². The minimum atomic E-state index is -3.82. The molecule has 0 radical (unpaired) electrons. The van der Waals surface area contributed by atoms with Crippen LogP contribution in [0.2, 0.25) is 0 Å². The van der Waals surface area contributed by atoms with Gasteiger partial charge in [-0.2, -0.15) is 0 Å². The molecule has 0 spiro atoms. The van der Waals surface area contributed by atoms with Gasteiger partial charge in [-0.15, -0.1) is 0 Å². The number of rotatable bonds is 7. The molecule has 2 aromatic carbocycles. The van der Waals surface area contributed by atoms with E-state index in [0.29, 0.717) is 11.3 Å². The summed E-state index contributed by atoms with van der Waals surface area (Å²) in [5.41, 5.74) is 2.04. The van der Waals surface area contributed by atoms with E-state index < -0.39 is 21.7 Å². The van der Waals surface area contributed by atoms with Crippen molar-refractivity contribution in [3.05, 3.63) is 59.2 Å². The van der Waals surface area contributed by atoms with Crippen LogP contribution in [0.15, 0.2) is 47.4 Å². The van der Waals surface area contributed by atoms with Gasteiger partial charge in [0, 0.05) is 24.3 Å². The molecule has 31 heavy (non-hydrogen) atoms. The molecule has 2 rings (SSSR count). The van der Waals surface area contributed by atoms with Gasteiger partial charge in [-0.1, -0.05) is 23.8 Å². The van der Waals surface area contributed by atoms with E-state index in [0.717, 1.165) is 11.1 Å². The van der Waals surface area contributed by atoms with Crippen molar-refractivity contribution in [2.24, 2.45) is 0 Å². The van der Waals surface area contributed by atoms with E-state index in [1.807, 2.05) is 26.0 Å². The van der Waals surface area contributed by atoms with Gasteiger partial charge in [0.15, 0.2) is 0 Å². The summed E-state index contributed by atoms with van der Waals surface area (Å²) >= 11 is 0. The predicted molar refractivity (Wildman–Crippen MR) is 120 cm³/mol. The largest absolute Gasteiger partial charge is 0.444 e. The Hall–Kier alpha value is -2.91. The monoisotopic (exact) mass is 447 g/mol. The number of benzene rings is 2. The van der Waals surface area contributed by atoms with Gasteiger partial charge in [0.05, 0.1) is 4.90 Å². The molecular formula is C22H29N3O5S. The lowest BCUT2D eigenvalue weighted by Crippen LogP contribution is -2.37. The summed E-state index contributed by atoms with van der Waals surface area (Å²) < 4.78 is 32.6. The van der Waals surface area contributed by atoms with Crippen LogP contribution in [0.4, 0.5) is 10.5 Å². The zero-order valence-electron chi connectivity index (χ0n) is 18.4. The summed E-state index contributed by atoms with van der Waals surface area (Å²) in [6.07, 6.45) is -0.622. The number of hydrogen-bond donors (Lipinski definition) is 3. The molecular weight excluding hydrogens is 418 g/mol. The Balaban J connectivity index is 1.99. The van der Waals surface area contributed by atoms with Gasteiger partial charge in [0.2, 0.25) is 10.0 Å². The van der Waals surface area contributed by atoms with Crippen molar-refractivity contribution < 1.29 is 22.7 Å². The van der Waals surface area contributed by atoms with Gasteiger partial charge in [0.1, 0.15) is 5.60 Å². The fourth-order valence-corrected chi connectivity index (χ4v) is 3.74. The van der Waals surface area contributed by atoms with E-state index >= 15 is 0 Å². The van der Waals surface area contributed by atoms with Gasteiger partial charge >= 0.3 is 6.09 Å². The molecule has 8 nitrogen and oxygen atoms in total. The topological polar surface area (TPSA) is 114 Å². The van der Waals surface area contributed by atoms with Crippen molar-refractivity contribution in [2.45, 2.75) is 45.1 Å². The first-order valence-corrected chi connectivity index (χ1v) is 11.3. The highest BCUT2D eigenvalue weighted by molar-refractivity contribution is 7.89. The molecule has 168 valence electrons. The van der Waals surface area contributed by atoms with E-state index in [-0.39, 0.29) is 23.9 Å². The Bertz CT molecular complexity index is 1060. The lowest BCUT2D eigenvalue weighted by Gasteiger charge is -2.19. The minimum Gasteiger partial charge on any atom is -0.444 e. The van der Waals surface area contributed by atoms with E-state index in [1.165, 1.54) is 12.1 Å². The number of carbonyl (C=O) groups excluding carboxylic acids is 2. The smallest absolute Gasteiger partial charge is 0.407 e. The highest BCUT2D eigenvalue weighted by Gasteiger charge is 2.17. The number of carbonyl (C=O) groups is 2. The van der Waals surface area contributed by atoms with E-state index in [1.54, 1.807) is 39.0 Å². The molecule has 0 saturated heterocycles. The normalized spacial score (nSPS) is 11.6. The van der Waals surface area contributed by atoms with Crippen LogP contribution in [0.1, 0.15) is 42.3 Å². The summed E-state index contributed by atoms with van der Waals surface area (Å²) in [6, 6.07) is 11.5. The average molecular weight is 448 g/mol. The van der Waals surface area contributed by atoms with Crippen LogP contribution in [-0.4, -0.2) is 39.1 Å². The van der Waals surface area contributed by atoms with Gasteiger partial charge in [-0.25, -0.2) is 17.9 Å². The number of sulfonamides is 1. The maximum atomic E-state index is 12.6. The van der Waals surface area contributed by atoms with Crippen molar-refractivity contribution in [3.8, 4) is 0 Å². The van der Waals surface area contributed by atoms with Crippen molar-refractivity contribution in [1.29, 1.82) is 0 Å². The van der Waals surface area contributed by atoms with Crippen molar-refractivity contribution in [3.63, 3.8) is 0 Å². The first-order chi connectivity index (χ1) is 14.4. The van der Waals surface area contributed by atoms with Crippen LogP contribution in [0.5, 0.6) is 0 Å². The fourth-order valence-electron chi connectivity index (χ4n) is 2.67. The van der Waals surface area contributed by atoms with Crippen LogP contribution in [-0.2, 0) is 14.8 Å². The molecule has 0 heterocycles. The van der Waals surface area contributed by atoms with Crippen LogP contribution in [0.25, 0.3) is 0 Å². The molecule has 2 aromatic rings. The maximum absolute atomic E-state index is 12.6. The van der Waals surface area contributed by atoms with Crippen molar-refractivity contribution in [2.75, 3.05) is 18.4 Å².